The van der Waals surface area contributed by atoms with E-state index in [-0.39, 0.29) is 5.56 Å². The Morgan fingerprint density at radius 1 is 1.26 bits per heavy atom. The summed E-state index contributed by atoms with van der Waals surface area (Å²) < 4.78 is 8.03. The number of aromatic nitrogens is 4. The Bertz CT molecular complexity index is 1270. The van der Waals surface area contributed by atoms with Crippen molar-refractivity contribution in [1.29, 1.82) is 5.26 Å². The predicted octanol–water partition coefficient (Wildman–Crippen LogP) is 3.81. The van der Waals surface area contributed by atoms with E-state index in [1.165, 1.54) is 0 Å². The number of hydrogen-bond donors (Lipinski definition) is 1. The summed E-state index contributed by atoms with van der Waals surface area (Å²) in [6.07, 6.45) is 1.64. The fraction of sp³-hybridized carbons (Fsp3) is 0.158. The van der Waals surface area contributed by atoms with Crippen LogP contribution in [0.15, 0.2) is 28.9 Å². The molecular weight excluding hydrogens is 408 g/mol. The molecule has 134 valence electrons. The molecule has 4 rings (SSSR count). The van der Waals surface area contributed by atoms with Gasteiger partial charge in [-0.1, -0.05) is 6.07 Å². The molecule has 0 aliphatic heterocycles. The maximum Gasteiger partial charge on any atom is 0.179 e. The Morgan fingerprint density at radius 2 is 2.04 bits per heavy atom. The van der Waals surface area contributed by atoms with Crippen LogP contribution in [0.4, 0.5) is 5.82 Å². The molecule has 2 N–H and O–H groups in total. The number of rotatable bonds is 2. The van der Waals surface area contributed by atoms with E-state index < -0.39 is 0 Å². The number of nitrogen functional groups attached to an aromatic ring is 1. The van der Waals surface area contributed by atoms with Gasteiger partial charge in [0.05, 0.1) is 12.8 Å². The molecule has 3 aromatic heterocycles. The summed E-state index contributed by atoms with van der Waals surface area (Å²) in [6.45, 7) is 3.93. The third kappa shape index (κ3) is 2.51. The van der Waals surface area contributed by atoms with Crippen LogP contribution in [0.1, 0.15) is 16.7 Å². The molecule has 0 spiro atoms. The highest BCUT2D eigenvalue weighted by molar-refractivity contribution is 9.10. The molecule has 0 aliphatic carbocycles. The van der Waals surface area contributed by atoms with Crippen molar-refractivity contribution in [3.63, 3.8) is 0 Å². The van der Waals surface area contributed by atoms with Gasteiger partial charge >= 0.3 is 0 Å². The lowest BCUT2D eigenvalue weighted by Crippen LogP contribution is -2.06. The number of fused-ring (bicyclic) bond motifs is 2. The zero-order valence-corrected chi connectivity index (χ0v) is 16.5. The van der Waals surface area contributed by atoms with Gasteiger partial charge in [-0.15, -0.1) is 0 Å². The van der Waals surface area contributed by atoms with Crippen molar-refractivity contribution in [2.24, 2.45) is 0 Å². The molecule has 3 heterocycles. The average Bonchev–Trinajstić information content (AvgIpc) is 2.91. The number of methoxy groups -OCH3 is 1. The van der Waals surface area contributed by atoms with E-state index >= 15 is 0 Å². The van der Waals surface area contributed by atoms with Gasteiger partial charge in [-0.05, 0) is 47.5 Å². The van der Waals surface area contributed by atoms with Crippen molar-refractivity contribution in [2.45, 2.75) is 13.8 Å². The molecule has 0 bridgehead atoms. The van der Waals surface area contributed by atoms with Gasteiger partial charge in [0.1, 0.15) is 34.2 Å². The van der Waals surface area contributed by atoms with Gasteiger partial charge in [0.25, 0.3) is 0 Å². The van der Waals surface area contributed by atoms with Crippen LogP contribution >= 0.6 is 15.9 Å². The quantitative estimate of drug-likeness (QED) is 0.526. The van der Waals surface area contributed by atoms with Crippen LogP contribution in [0, 0.1) is 25.2 Å². The van der Waals surface area contributed by atoms with E-state index in [2.05, 4.69) is 32.0 Å². The number of benzene rings is 1. The van der Waals surface area contributed by atoms with E-state index in [1.54, 1.807) is 17.9 Å². The first kappa shape index (κ1) is 17.2. The van der Waals surface area contributed by atoms with Crippen LogP contribution in [-0.4, -0.2) is 26.6 Å². The van der Waals surface area contributed by atoms with Gasteiger partial charge in [0.2, 0.25) is 0 Å². The fourth-order valence-corrected chi connectivity index (χ4v) is 3.62. The molecule has 7 nitrogen and oxygen atoms in total. The average molecular weight is 423 g/mol. The van der Waals surface area contributed by atoms with Gasteiger partial charge in [-0.3, -0.25) is 4.57 Å². The van der Waals surface area contributed by atoms with Crippen LogP contribution in [0.5, 0.6) is 5.75 Å². The van der Waals surface area contributed by atoms with Crippen molar-refractivity contribution >= 4 is 44.1 Å². The number of pyridine rings is 1. The number of aryl methyl sites for hydroxylation is 1. The summed E-state index contributed by atoms with van der Waals surface area (Å²) in [7, 11) is 1.62. The molecule has 4 aromatic rings. The first-order valence-electron chi connectivity index (χ1n) is 8.14. The Labute approximate surface area is 163 Å². The third-order valence-corrected chi connectivity index (χ3v) is 4.99. The number of hydrogen-bond acceptors (Lipinski definition) is 6. The highest BCUT2D eigenvalue weighted by Gasteiger charge is 2.23. The summed E-state index contributed by atoms with van der Waals surface area (Å²) in [5.41, 5.74) is 11.4. The first-order valence-corrected chi connectivity index (χ1v) is 8.93. The SMILES string of the molecule is COc1ccc(C)c(-n2c(N)c(C#N)c3nc4ncc(Br)cc4nc32)c1C. The zero-order valence-electron chi connectivity index (χ0n) is 14.9. The number of ether oxygens (including phenoxy) is 1. The lowest BCUT2D eigenvalue weighted by molar-refractivity contribution is 0.411. The number of nitriles is 1. The van der Waals surface area contributed by atoms with Crippen molar-refractivity contribution < 1.29 is 4.74 Å². The summed E-state index contributed by atoms with van der Waals surface area (Å²) >= 11 is 3.40. The minimum atomic E-state index is 0.283. The molecule has 0 fully saturated rings. The molecule has 1 aromatic carbocycles. The lowest BCUT2D eigenvalue weighted by atomic mass is 10.1. The third-order valence-electron chi connectivity index (χ3n) is 4.55. The minimum Gasteiger partial charge on any atom is -0.496 e. The second kappa shape index (κ2) is 6.21. The van der Waals surface area contributed by atoms with Gasteiger partial charge in [0.15, 0.2) is 11.3 Å². The minimum absolute atomic E-state index is 0.283. The Morgan fingerprint density at radius 3 is 2.74 bits per heavy atom. The topological polar surface area (TPSA) is 103 Å². The summed E-state index contributed by atoms with van der Waals surface area (Å²) in [5, 5.41) is 9.67. The number of halogens is 1. The first-order chi connectivity index (χ1) is 13.0. The molecule has 0 unspecified atom stereocenters. The maximum atomic E-state index is 9.67. The summed E-state index contributed by atoms with van der Waals surface area (Å²) in [4.78, 5) is 13.5. The standard InChI is InChI=1S/C19H15BrN6O/c1-9-4-5-14(27-3)10(2)16(9)26-17(22)12(7-21)15-19(26)24-13-6-11(20)8-23-18(13)25-15/h4-6,8H,22H2,1-3H3. The monoisotopic (exact) mass is 422 g/mol. The van der Waals surface area contributed by atoms with Gasteiger partial charge < -0.3 is 10.5 Å². The summed E-state index contributed by atoms with van der Waals surface area (Å²) in [5.74, 6) is 1.02. The zero-order chi connectivity index (χ0) is 19.3. The molecule has 0 radical (unpaired) electrons. The van der Waals surface area contributed by atoms with Crippen LogP contribution in [-0.2, 0) is 0 Å². The normalized spacial score (nSPS) is 11.1. The lowest BCUT2D eigenvalue weighted by Gasteiger charge is -2.16. The fourth-order valence-electron chi connectivity index (χ4n) is 3.30. The molecule has 0 aliphatic rings. The van der Waals surface area contributed by atoms with Crippen molar-refractivity contribution in [3.8, 4) is 17.5 Å². The second-order valence-corrected chi connectivity index (χ2v) is 7.07. The predicted molar refractivity (Wildman–Crippen MR) is 107 cm³/mol. The molecular formula is C19H15BrN6O. The highest BCUT2D eigenvalue weighted by Crippen LogP contribution is 2.35. The number of nitrogens with two attached hydrogens (primary N) is 1. The molecule has 8 heteroatoms. The number of anilines is 1. The van der Waals surface area contributed by atoms with E-state index in [0.717, 1.165) is 27.0 Å². The van der Waals surface area contributed by atoms with E-state index in [1.807, 2.05) is 32.0 Å². The van der Waals surface area contributed by atoms with Crippen molar-refractivity contribution in [2.75, 3.05) is 12.8 Å². The summed E-state index contributed by atoms with van der Waals surface area (Å²) in [6, 6.07) is 7.84. The van der Waals surface area contributed by atoms with Gasteiger partial charge in [-0.2, -0.15) is 5.26 Å². The largest absolute Gasteiger partial charge is 0.496 e. The van der Waals surface area contributed by atoms with Crippen LogP contribution < -0.4 is 10.5 Å². The molecule has 0 atom stereocenters. The van der Waals surface area contributed by atoms with Crippen LogP contribution in [0.3, 0.4) is 0 Å². The number of nitrogens with zero attached hydrogens (tertiary/aromatic N) is 5. The molecule has 0 saturated heterocycles. The Balaban J connectivity index is 2.19. The van der Waals surface area contributed by atoms with Crippen LogP contribution in [0.2, 0.25) is 0 Å². The smallest absolute Gasteiger partial charge is 0.179 e. The molecule has 0 saturated carbocycles. The molecule has 27 heavy (non-hydrogen) atoms. The maximum absolute atomic E-state index is 9.67. The van der Waals surface area contributed by atoms with Gasteiger partial charge in [-0.25, -0.2) is 15.0 Å². The highest BCUT2D eigenvalue weighted by atomic mass is 79.9. The van der Waals surface area contributed by atoms with E-state index in [9.17, 15) is 5.26 Å². The van der Waals surface area contributed by atoms with Gasteiger partial charge in [0, 0.05) is 16.2 Å². The van der Waals surface area contributed by atoms with E-state index in [4.69, 9.17) is 15.5 Å². The Hall–Kier alpha value is -3.18. The van der Waals surface area contributed by atoms with E-state index in [0.29, 0.717) is 28.1 Å². The van der Waals surface area contributed by atoms with Crippen molar-refractivity contribution in [1.82, 2.24) is 19.5 Å². The second-order valence-electron chi connectivity index (χ2n) is 6.16. The van der Waals surface area contributed by atoms with Crippen LogP contribution in [0.25, 0.3) is 28.0 Å². The Kier molecular flexibility index (Phi) is 3.97. The van der Waals surface area contributed by atoms with Crippen molar-refractivity contribution in [3.05, 3.63) is 45.6 Å². The molecule has 0 amide bonds.